The number of fused-ring (bicyclic) bond motifs is 1. The molecule has 0 spiro atoms. The molecule has 1 aliphatic heterocycles. The average Bonchev–Trinajstić information content (AvgIpc) is 3.01. The Morgan fingerprint density at radius 2 is 1.97 bits per heavy atom. The van der Waals surface area contributed by atoms with E-state index >= 15 is 0 Å². The molecule has 2 aromatic carbocycles. The third-order valence-electron chi connectivity index (χ3n) is 4.32. The van der Waals surface area contributed by atoms with E-state index in [0.717, 1.165) is 12.1 Å². The first kappa shape index (κ1) is 22.2. The Bertz CT molecular complexity index is 1120. The van der Waals surface area contributed by atoms with Crippen LogP contribution in [0.2, 0.25) is 0 Å². The van der Waals surface area contributed by atoms with Gasteiger partial charge in [0.05, 0.1) is 11.3 Å². The van der Waals surface area contributed by atoms with E-state index in [1.807, 2.05) is 0 Å². The summed E-state index contributed by atoms with van der Waals surface area (Å²) in [5, 5.41) is 0.196. The fourth-order valence-corrected chi connectivity index (χ4v) is 3.84. The van der Waals surface area contributed by atoms with Crippen LogP contribution < -0.4 is 10.1 Å². The normalized spacial score (nSPS) is 14.1. The van der Waals surface area contributed by atoms with Crippen molar-refractivity contribution >= 4 is 40.0 Å². The first-order valence-corrected chi connectivity index (χ1v) is 9.34. The number of amides is 2. The standard InChI is InChI=1S/C20H12F4N2O4S/c1-9-5-3-4-6-13(9)25-17(27)10(2)16-12-7-11(18(28)26(23)24)14(30-20(21)22)8-15(12)31-19(16)29/h4,6-8,20H,1-2H3,(H,25,27)/b16-10-. The van der Waals surface area contributed by atoms with E-state index < -0.39 is 40.2 Å². The van der Waals surface area contributed by atoms with Crippen molar-refractivity contribution < 1.29 is 36.9 Å². The number of carbonyl (C=O) groups is 3. The van der Waals surface area contributed by atoms with Crippen molar-refractivity contribution in [2.24, 2.45) is 0 Å². The zero-order valence-electron chi connectivity index (χ0n) is 15.9. The monoisotopic (exact) mass is 452 g/mol. The van der Waals surface area contributed by atoms with Crippen LogP contribution in [0, 0.1) is 19.1 Å². The number of thioether (sulfide) groups is 1. The zero-order valence-corrected chi connectivity index (χ0v) is 16.7. The summed E-state index contributed by atoms with van der Waals surface area (Å²) in [4.78, 5) is 37.1. The van der Waals surface area contributed by atoms with E-state index in [1.165, 1.54) is 13.0 Å². The van der Waals surface area contributed by atoms with E-state index in [2.05, 4.69) is 22.2 Å². The smallest absolute Gasteiger partial charge is 0.387 e. The molecule has 31 heavy (non-hydrogen) atoms. The SMILES string of the molecule is C/C(C(=O)Nc1ccc#cc1C)=C1/C(=O)Sc2cc(OC(F)F)c(C(=O)N(F)F)cc21. The van der Waals surface area contributed by atoms with E-state index in [0.29, 0.717) is 23.0 Å². The van der Waals surface area contributed by atoms with Crippen LogP contribution in [0.5, 0.6) is 5.75 Å². The van der Waals surface area contributed by atoms with Gasteiger partial charge in [-0.25, -0.2) is 0 Å². The van der Waals surface area contributed by atoms with Gasteiger partial charge in [0.2, 0.25) is 5.12 Å². The highest BCUT2D eigenvalue weighted by Crippen LogP contribution is 2.45. The van der Waals surface area contributed by atoms with Gasteiger partial charge in [-0.3, -0.25) is 14.4 Å². The molecule has 0 aliphatic carbocycles. The summed E-state index contributed by atoms with van der Waals surface area (Å²) in [7, 11) is 0. The quantitative estimate of drug-likeness (QED) is 0.412. The summed E-state index contributed by atoms with van der Waals surface area (Å²) in [6, 6.07) is 10.3. The van der Waals surface area contributed by atoms with Crippen molar-refractivity contribution in [3.8, 4) is 5.75 Å². The van der Waals surface area contributed by atoms with Gasteiger partial charge in [-0.1, -0.05) is 21.1 Å². The molecular weight excluding hydrogens is 440 g/mol. The number of benzene rings is 1. The highest BCUT2D eigenvalue weighted by molar-refractivity contribution is 8.15. The maximum atomic E-state index is 12.8. The number of rotatable bonds is 5. The van der Waals surface area contributed by atoms with Crippen LogP contribution in [0.1, 0.15) is 28.4 Å². The lowest BCUT2D eigenvalue weighted by molar-refractivity contribution is -0.113. The molecular formula is C20H12F4N2O4S. The minimum atomic E-state index is -3.38. The molecule has 0 saturated carbocycles. The molecule has 6 nitrogen and oxygen atoms in total. The van der Waals surface area contributed by atoms with Crippen LogP contribution >= 0.6 is 11.8 Å². The molecule has 2 aromatic rings. The number of alkyl halides is 2. The van der Waals surface area contributed by atoms with Crippen LogP contribution in [-0.4, -0.2) is 28.9 Å². The lowest BCUT2D eigenvalue weighted by atomic mass is 9.98. The average molecular weight is 452 g/mol. The van der Waals surface area contributed by atoms with Crippen LogP contribution in [0.25, 0.3) is 5.57 Å². The van der Waals surface area contributed by atoms with Gasteiger partial charge in [0.25, 0.3) is 5.91 Å². The molecule has 0 radical (unpaired) electrons. The van der Waals surface area contributed by atoms with Crippen molar-refractivity contribution in [1.82, 2.24) is 5.34 Å². The Morgan fingerprint density at radius 3 is 2.58 bits per heavy atom. The summed E-state index contributed by atoms with van der Waals surface area (Å²) in [5.74, 6) is -3.37. The lowest BCUT2D eigenvalue weighted by Gasteiger charge is -2.13. The van der Waals surface area contributed by atoms with Crippen LogP contribution in [0.3, 0.4) is 0 Å². The Kier molecular flexibility index (Phi) is 6.21. The van der Waals surface area contributed by atoms with Crippen molar-refractivity contribution in [3.05, 3.63) is 58.7 Å². The molecule has 0 aromatic heterocycles. The first-order chi connectivity index (χ1) is 14.6. The van der Waals surface area contributed by atoms with E-state index in [4.69, 9.17) is 0 Å². The number of carbonyl (C=O) groups excluding carboxylic acids is 3. The Hall–Kier alpha value is -3.52. The van der Waals surface area contributed by atoms with Crippen LogP contribution in [-0.2, 0) is 9.59 Å². The van der Waals surface area contributed by atoms with E-state index in [9.17, 15) is 32.1 Å². The number of ether oxygens (including phenoxy) is 1. The van der Waals surface area contributed by atoms with Crippen molar-refractivity contribution in [2.75, 3.05) is 5.32 Å². The summed E-state index contributed by atoms with van der Waals surface area (Å²) < 4.78 is 55.1. The molecule has 0 saturated heterocycles. The van der Waals surface area contributed by atoms with E-state index in [1.54, 1.807) is 13.0 Å². The molecule has 0 atom stereocenters. The molecule has 1 aliphatic rings. The molecule has 1 heterocycles. The van der Waals surface area contributed by atoms with Crippen molar-refractivity contribution in [1.29, 1.82) is 0 Å². The highest BCUT2D eigenvalue weighted by atomic mass is 32.2. The summed E-state index contributed by atoms with van der Waals surface area (Å²) in [6.45, 7) is -0.360. The fraction of sp³-hybridized carbons (Fsp3) is 0.150. The second kappa shape index (κ2) is 8.69. The van der Waals surface area contributed by atoms with Crippen molar-refractivity contribution in [3.63, 3.8) is 0 Å². The third-order valence-corrected chi connectivity index (χ3v) is 5.27. The number of hydrogen-bond donors (Lipinski definition) is 1. The minimum Gasteiger partial charge on any atom is -0.434 e. The van der Waals surface area contributed by atoms with Gasteiger partial charge in [0.15, 0.2) is 0 Å². The van der Waals surface area contributed by atoms with E-state index in [-0.39, 0.29) is 21.6 Å². The molecule has 0 unspecified atom stereocenters. The Balaban J connectivity index is 2.08. The van der Waals surface area contributed by atoms with Gasteiger partial charge in [0, 0.05) is 32.5 Å². The van der Waals surface area contributed by atoms with Gasteiger partial charge >= 0.3 is 12.5 Å². The van der Waals surface area contributed by atoms with Crippen LogP contribution in [0.15, 0.2) is 34.7 Å². The van der Waals surface area contributed by atoms with Gasteiger partial charge in [0.1, 0.15) is 5.75 Å². The predicted molar refractivity (Wildman–Crippen MR) is 102 cm³/mol. The second-order valence-electron chi connectivity index (χ2n) is 6.25. The largest absolute Gasteiger partial charge is 0.434 e. The maximum absolute atomic E-state index is 12.8. The number of nitrogens with zero attached hydrogens (tertiary/aromatic N) is 1. The van der Waals surface area contributed by atoms with Crippen molar-refractivity contribution in [2.45, 2.75) is 25.4 Å². The third kappa shape index (κ3) is 4.49. The molecule has 2 amide bonds. The first-order valence-electron chi connectivity index (χ1n) is 8.52. The Morgan fingerprint density at radius 1 is 1.26 bits per heavy atom. The lowest BCUT2D eigenvalue weighted by Crippen LogP contribution is -2.17. The molecule has 0 fully saturated rings. The van der Waals surface area contributed by atoms with Gasteiger partial charge in [-0.05, 0) is 49.9 Å². The predicted octanol–water partition coefficient (Wildman–Crippen LogP) is 4.45. The minimum absolute atomic E-state index is 0.0147. The van der Waals surface area contributed by atoms with Gasteiger partial charge in [-0.2, -0.15) is 8.78 Å². The fourth-order valence-electron chi connectivity index (χ4n) is 2.84. The second-order valence-corrected chi connectivity index (χ2v) is 7.26. The van der Waals surface area contributed by atoms with Gasteiger partial charge in [-0.15, -0.1) is 0 Å². The summed E-state index contributed by atoms with van der Waals surface area (Å²) in [5.41, 5.74) is -0.0727. The molecule has 1 N–H and O–H groups in total. The highest BCUT2D eigenvalue weighted by Gasteiger charge is 2.34. The van der Waals surface area contributed by atoms with Crippen LogP contribution in [0.4, 0.5) is 23.4 Å². The Labute approximate surface area is 177 Å². The maximum Gasteiger partial charge on any atom is 0.387 e. The van der Waals surface area contributed by atoms with Gasteiger partial charge < -0.3 is 10.1 Å². The summed E-state index contributed by atoms with van der Waals surface area (Å²) in [6.07, 6.45) is 0. The molecule has 11 heteroatoms. The zero-order chi connectivity index (χ0) is 22.9. The number of anilines is 1. The topological polar surface area (TPSA) is 75.7 Å². The molecule has 3 rings (SSSR count). The molecule has 160 valence electrons. The number of nitrogens with one attached hydrogen (secondary N) is 1. The number of halogens is 4. The summed E-state index contributed by atoms with van der Waals surface area (Å²) >= 11 is 0.599. The molecule has 0 bridgehead atoms. The number of hydrogen-bond acceptors (Lipinski definition) is 5.